The second kappa shape index (κ2) is 14.6. The van der Waals surface area contributed by atoms with Crippen molar-refractivity contribution in [2.24, 2.45) is 5.41 Å². The molecule has 1 N–H and O–H groups in total. The Morgan fingerprint density at radius 1 is 0.825 bits per heavy atom. The minimum atomic E-state index is -0.967. The SMILES string of the molecule is [C-]#[N+]c1ccc(N2CC3(CCN(c4ccc(N5CCC(N(C)C6CN(c7ccc8c(c7)C(=O)N(C7CCC(=O)NC7=O)C8=O)C6)CC5)nn4)CC3)C[C@@H]2C)cc1Cl. The number of fused-ring (bicyclic) bond motifs is 1. The lowest BCUT2D eigenvalue weighted by Crippen LogP contribution is -2.61. The number of nitrogens with zero attached hydrogens (tertiary/aromatic N) is 9. The van der Waals surface area contributed by atoms with Crippen LogP contribution in [0.4, 0.5) is 28.7 Å². The third-order valence-corrected chi connectivity index (χ3v) is 13.8. The van der Waals surface area contributed by atoms with E-state index in [4.69, 9.17) is 28.4 Å². The number of piperidine rings is 3. The van der Waals surface area contributed by atoms with Crippen molar-refractivity contribution in [3.8, 4) is 0 Å². The van der Waals surface area contributed by atoms with E-state index in [2.05, 4.69) is 60.8 Å². The topological polar surface area (TPSA) is 130 Å². The molecule has 3 aromatic rings. The monoisotopic (exact) mass is 790 g/mol. The highest BCUT2D eigenvalue weighted by Gasteiger charge is 2.46. The molecule has 14 nitrogen and oxygen atoms in total. The summed E-state index contributed by atoms with van der Waals surface area (Å²) in [5, 5.41) is 12.2. The lowest BCUT2D eigenvalue weighted by Gasteiger charge is -2.49. The Morgan fingerprint density at radius 2 is 1.49 bits per heavy atom. The third kappa shape index (κ3) is 6.74. The van der Waals surface area contributed by atoms with Crippen LogP contribution >= 0.6 is 11.6 Å². The van der Waals surface area contributed by atoms with Gasteiger partial charge in [0.2, 0.25) is 17.5 Å². The zero-order valence-electron chi connectivity index (χ0n) is 32.4. The predicted molar refractivity (Wildman–Crippen MR) is 217 cm³/mol. The van der Waals surface area contributed by atoms with Gasteiger partial charge in [-0.15, -0.1) is 10.2 Å². The number of hydrogen-bond donors (Lipinski definition) is 1. The van der Waals surface area contributed by atoms with E-state index in [-0.39, 0.29) is 24.2 Å². The summed E-state index contributed by atoms with van der Waals surface area (Å²) in [4.78, 5) is 66.9. The fourth-order valence-electron chi connectivity index (χ4n) is 10.0. The number of rotatable bonds is 7. The Hall–Kier alpha value is -5.26. The van der Waals surface area contributed by atoms with Gasteiger partial charge in [0.05, 0.1) is 17.7 Å². The van der Waals surface area contributed by atoms with Crippen LogP contribution < -0.4 is 24.9 Å². The quantitative estimate of drug-likeness (QED) is 0.263. The maximum absolute atomic E-state index is 13.3. The molecule has 6 aliphatic heterocycles. The number of benzene rings is 2. The molecule has 4 amide bonds. The first-order chi connectivity index (χ1) is 27.5. The molecule has 15 heteroatoms. The van der Waals surface area contributed by atoms with Gasteiger partial charge in [-0.05, 0) is 100 Å². The summed E-state index contributed by atoms with van der Waals surface area (Å²) in [6, 6.07) is 15.6. The fraction of sp³-hybridized carbons (Fsp3) is 0.500. The molecule has 9 rings (SSSR count). The smallest absolute Gasteiger partial charge is 0.262 e. The van der Waals surface area contributed by atoms with Crippen LogP contribution in [0.15, 0.2) is 48.5 Å². The Labute approximate surface area is 337 Å². The van der Waals surface area contributed by atoms with Crippen LogP contribution in [0, 0.1) is 12.0 Å². The highest BCUT2D eigenvalue weighted by molar-refractivity contribution is 6.33. The van der Waals surface area contributed by atoms with Crippen LogP contribution in [0.3, 0.4) is 0 Å². The third-order valence-electron chi connectivity index (χ3n) is 13.5. The molecule has 0 radical (unpaired) electrons. The van der Waals surface area contributed by atoms with E-state index in [0.29, 0.717) is 40.0 Å². The summed E-state index contributed by atoms with van der Waals surface area (Å²) < 4.78 is 0. The molecular weight excluding hydrogens is 744 g/mol. The molecule has 0 saturated carbocycles. The molecule has 5 saturated heterocycles. The highest BCUT2D eigenvalue weighted by Crippen LogP contribution is 2.46. The molecule has 0 aliphatic carbocycles. The molecule has 1 unspecified atom stereocenters. The number of halogens is 1. The van der Waals surface area contributed by atoms with Gasteiger partial charge in [-0.2, -0.15) is 0 Å². The van der Waals surface area contributed by atoms with Crippen molar-refractivity contribution in [2.45, 2.75) is 76.0 Å². The van der Waals surface area contributed by atoms with E-state index in [1.165, 1.54) is 0 Å². The molecule has 1 spiro atoms. The zero-order chi connectivity index (χ0) is 39.6. The Kier molecular flexibility index (Phi) is 9.56. The van der Waals surface area contributed by atoms with Gasteiger partial charge in [-0.25, -0.2) is 4.85 Å². The number of anilines is 4. The number of hydrogen-bond acceptors (Lipinski definition) is 11. The van der Waals surface area contributed by atoms with Crippen molar-refractivity contribution >= 4 is 63.9 Å². The van der Waals surface area contributed by atoms with Gasteiger partial charge in [0.25, 0.3) is 11.8 Å². The van der Waals surface area contributed by atoms with E-state index in [1.807, 2.05) is 24.3 Å². The second-order valence-electron chi connectivity index (χ2n) is 16.8. The van der Waals surface area contributed by atoms with Gasteiger partial charge < -0.3 is 19.6 Å². The standard InChI is InChI=1S/C42H47ClN10O4/c1-26-22-42(25-52(26)29-5-7-34(44-2)33(43)21-29)14-18-50(19-15-42)37-10-9-36(46-47-37)49-16-12-27(13-17-49)48(3)30-23-51(24-30)28-4-6-31-32(20-28)41(57)53(40(31)56)35-8-11-38(54)45-39(35)55/h4-7,9-10,20-21,26-27,30,35H,8,11-19,22-25H2,1,3H3,(H,45,54,55)/t26-,35?/m0/s1. The molecule has 57 heavy (non-hydrogen) atoms. The summed E-state index contributed by atoms with van der Waals surface area (Å²) in [6.07, 6.45) is 5.64. The average Bonchev–Trinajstić information content (AvgIpc) is 3.65. The van der Waals surface area contributed by atoms with Gasteiger partial charge in [0.1, 0.15) is 6.04 Å². The first-order valence-corrected chi connectivity index (χ1v) is 20.5. The van der Waals surface area contributed by atoms with E-state index in [0.717, 1.165) is 106 Å². The molecule has 2 atom stereocenters. The average molecular weight is 791 g/mol. The minimum absolute atomic E-state index is 0.0968. The van der Waals surface area contributed by atoms with E-state index >= 15 is 0 Å². The zero-order valence-corrected chi connectivity index (χ0v) is 33.1. The molecule has 0 bridgehead atoms. The van der Waals surface area contributed by atoms with Crippen LogP contribution in [0.5, 0.6) is 0 Å². The van der Waals surface area contributed by atoms with Crippen molar-refractivity contribution in [1.29, 1.82) is 0 Å². The van der Waals surface area contributed by atoms with Crippen LogP contribution in [0.1, 0.15) is 72.6 Å². The van der Waals surface area contributed by atoms with Gasteiger partial charge in [0, 0.05) is 86.8 Å². The largest absolute Gasteiger partial charge is 0.368 e. The van der Waals surface area contributed by atoms with E-state index < -0.39 is 23.8 Å². The van der Waals surface area contributed by atoms with Crippen molar-refractivity contribution in [3.05, 3.63) is 76.1 Å². The molecule has 7 heterocycles. The molecule has 2 aromatic carbocycles. The van der Waals surface area contributed by atoms with Crippen molar-refractivity contribution < 1.29 is 19.2 Å². The van der Waals surface area contributed by atoms with Crippen molar-refractivity contribution in [2.75, 3.05) is 72.5 Å². The summed E-state index contributed by atoms with van der Waals surface area (Å²) >= 11 is 6.39. The van der Waals surface area contributed by atoms with Crippen molar-refractivity contribution in [1.82, 2.24) is 25.3 Å². The van der Waals surface area contributed by atoms with E-state index in [9.17, 15) is 19.2 Å². The number of amides is 4. The number of aromatic nitrogens is 2. The normalized spacial score (nSPS) is 24.0. The number of carbonyl (C=O) groups is 4. The Balaban J connectivity index is 0.739. The maximum atomic E-state index is 13.3. The van der Waals surface area contributed by atoms with Gasteiger partial charge in [-0.1, -0.05) is 17.7 Å². The van der Waals surface area contributed by atoms with Crippen LogP contribution in [-0.4, -0.2) is 121 Å². The first-order valence-electron chi connectivity index (χ1n) is 20.1. The maximum Gasteiger partial charge on any atom is 0.262 e. The first kappa shape index (κ1) is 37.3. The lowest BCUT2D eigenvalue weighted by molar-refractivity contribution is -0.136. The van der Waals surface area contributed by atoms with Crippen LogP contribution in [0.2, 0.25) is 5.02 Å². The van der Waals surface area contributed by atoms with Crippen LogP contribution in [-0.2, 0) is 9.59 Å². The second-order valence-corrected chi connectivity index (χ2v) is 17.2. The number of imide groups is 2. The summed E-state index contributed by atoms with van der Waals surface area (Å²) in [5.41, 5.74) is 3.35. The van der Waals surface area contributed by atoms with Gasteiger partial charge in [-0.3, -0.25) is 34.3 Å². The Bertz CT molecular complexity index is 2150. The van der Waals surface area contributed by atoms with Crippen molar-refractivity contribution in [3.63, 3.8) is 0 Å². The molecule has 296 valence electrons. The summed E-state index contributed by atoms with van der Waals surface area (Å²) in [6.45, 7) is 16.0. The highest BCUT2D eigenvalue weighted by atomic mass is 35.5. The predicted octanol–water partition coefficient (Wildman–Crippen LogP) is 4.76. The molecule has 6 aliphatic rings. The molecule has 1 aromatic heterocycles. The van der Waals surface area contributed by atoms with Gasteiger partial charge in [0.15, 0.2) is 11.6 Å². The summed E-state index contributed by atoms with van der Waals surface area (Å²) in [5.74, 6) is -0.0921. The van der Waals surface area contributed by atoms with E-state index in [1.54, 1.807) is 12.1 Å². The number of nitrogens with one attached hydrogen (secondary N) is 1. The Morgan fingerprint density at radius 3 is 2.14 bits per heavy atom. The molecular formula is C42H47ClN10O4. The number of carbonyl (C=O) groups excluding carboxylic acids is 4. The lowest BCUT2D eigenvalue weighted by atomic mass is 9.77. The minimum Gasteiger partial charge on any atom is -0.368 e. The fourth-order valence-corrected chi connectivity index (χ4v) is 10.3. The molecule has 5 fully saturated rings. The summed E-state index contributed by atoms with van der Waals surface area (Å²) in [7, 11) is 2.20. The van der Waals surface area contributed by atoms with Gasteiger partial charge >= 0.3 is 0 Å². The van der Waals surface area contributed by atoms with Crippen LogP contribution in [0.25, 0.3) is 4.85 Å². The number of likely N-dealkylation sites (N-methyl/N-ethyl adjacent to an activating group) is 1.